The third kappa shape index (κ3) is 0.956. The number of hydrogen-bond acceptors (Lipinski definition) is 2. The molecule has 0 radical (unpaired) electrons. The van der Waals surface area contributed by atoms with E-state index in [0.29, 0.717) is 6.23 Å². The summed E-state index contributed by atoms with van der Waals surface area (Å²) in [5, 5.41) is 3.39. The van der Waals surface area contributed by atoms with Gasteiger partial charge in [-0.3, -0.25) is 5.32 Å². The lowest BCUT2D eigenvalue weighted by Gasteiger charge is -2.30. The summed E-state index contributed by atoms with van der Waals surface area (Å²) in [6.45, 7) is 4.45. The summed E-state index contributed by atoms with van der Waals surface area (Å²) in [6.07, 6.45) is 2.98. The highest BCUT2D eigenvalue weighted by Crippen LogP contribution is 2.31. The second-order valence-electron chi connectivity index (χ2n) is 3.46. The quantitative estimate of drug-likeness (QED) is 0.543. The first-order valence-electron chi connectivity index (χ1n) is 4.23. The highest BCUT2D eigenvalue weighted by atomic mass is 16.5. The van der Waals surface area contributed by atoms with E-state index < -0.39 is 0 Å². The third-order valence-corrected chi connectivity index (χ3v) is 2.81. The first-order chi connectivity index (χ1) is 4.88. The summed E-state index contributed by atoms with van der Waals surface area (Å²) in [5.41, 5.74) is 0. The molecule has 2 heteroatoms. The second kappa shape index (κ2) is 2.51. The SMILES string of the molecule is C[C@@H]1CCNC2OCCC21. The van der Waals surface area contributed by atoms with Gasteiger partial charge in [0.05, 0.1) is 0 Å². The van der Waals surface area contributed by atoms with Crippen molar-refractivity contribution in [1.29, 1.82) is 0 Å². The van der Waals surface area contributed by atoms with Gasteiger partial charge in [-0.15, -0.1) is 0 Å². The van der Waals surface area contributed by atoms with E-state index in [4.69, 9.17) is 4.74 Å². The van der Waals surface area contributed by atoms with Gasteiger partial charge < -0.3 is 4.74 Å². The van der Waals surface area contributed by atoms with Crippen LogP contribution in [0.25, 0.3) is 0 Å². The van der Waals surface area contributed by atoms with E-state index in [2.05, 4.69) is 12.2 Å². The molecule has 0 aromatic heterocycles. The Bertz CT molecular complexity index is 126. The fourth-order valence-electron chi connectivity index (χ4n) is 2.07. The maximum absolute atomic E-state index is 5.52. The first-order valence-corrected chi connectivity index (χ1v) is 4.23. The highest BCUT2D eigenvalue weighted by Gasteiger charge is 2.34. The van der Waals surface area contributed by atoms with Gasteiger partial charge in [-0.05, 0) is 25.3 Å². The average molecular weight is 141 g/mol. The number of nitrogens with one attached hydrogen (secondary N) is 1. The average Bonchev–Trinajstić information content (AvgIpc) is 2.36. The molecule has 2 unspecified atom stereocenters. The second-order valence-corrected chi connectivity index (χ2v) is 3.46. The normalized spacial score (nSPS) is 47.1. The molecule has 0 aromatic rings. The lowest BCUT2D eigenvalue weighted by molar-refractivity contribution is 0.0301. The van der Waals surface area contributed by atoms with Crippen LogP contribution >= 0.6 is 0 Å². The molecule has 10 heavy (non-hydrogen) atoms. The minimum absolute atomic E-state index is 0.392. The Labute approximate surface area is 61.9 Å². The van der Waals surface area contributed by atoms with Crippen molar-refractivity contribution in [2.45, 2.75) is 26.0 Å². The maximum Gasteiger partial charge on any atom is 0.111 e. The number of fused-ring (bicyclic) bond motifs is 1. The Kier molecular flexibility index (Phi) is 1.66. The fourth-order valence-corrected chi connectivity index (χ4v) is 2.07. The molecule has 0 aromatic carbocycles. The summed E-state index contributed by atoms with van der Waals surface area (Å²) < 4.78 is 5.52. The Morgan fingerprint density at radius 2 is 2.30 bits per heavy atom. The van der Waals surface area contributed by atoms with Crippen LogP contribution in [-0.4, -0.2) is 19.4 Å². The molecule has 0 bridgehead atoms. The van der Waals surface area contributed by atoms with E-state index in [1.165, 1.54) is 12.8 Å². The van der Waals surface area contributed by atoms with Crippen LogP contribution in [0.3, 0.4) is 0 Å². The van der Waals surface area contributed by atoms with Crippen LogP contribution in [0.15, 0.2) is 0 Å². The topological polar surface area (TPSA) is 21.3 Å². The van der Waals surface area contributed by atoms with E-state index in [-0.39, 0.29) is 0 Å². The van der Waals surface area contributed by atoms with Crippen LogP contribution in [0, 0.1) is 11.8 Å². The standard InChI is InChI=1S/C8H15NO/c1-6-2-4-9-8-7(6)3-5-10-8/h6-9H,2-5H2,1H3/t6-,7?,8?/m1/s1. The molecule has 0 aliphatic carbocycles. The minimum atomic E-state index is 0.392. The zero-order valence-corrected chi connectivity index (χ0v) is 6.47. The molecular weight excluding hydrogens is 126 g/mol. The molecule has 2 nitrogen and oxygen atoms in total. The Morgan fingerprint density at radius 1 is 1.40 bits per heavy atom. The van der Waals surface area contributed by atoms with Gasteiger partial charge in [0.1, 0.15) is 6.23 Å². The Hall–Kier alpha value is -0.0800. The van der Waals surface area contributed by atoms with Crippen molar-refractivity contribution in [3.05, 3.63) is 0 Å². The summed E-state index contributed by atoms with van der Waals surface area (Å²) in [4.78, 5) is 0. The molecule has 2 aliphatic heterocycles. The van der Waals surface area contributed by atoms with Crippen molar-refractivity contribution >= 4 is 0 Å². The maximum atomic E-state index is 5.52. The van der Waals surface area contributed by atoms with Gasteiger partial charge in [0, 0.05) is 12.5 Å². The van der Waals surface area contributed by atoms with E-state index >= 15 is 0 Å². The van der Waals surface area contributed by atoms with Crippen molar-refractivity contribution in [2.24, 2.45) is 11.8 Å². The molecule has 0 amide bonds. The molecule has 2 heterocycles. The molecule has 2 fully saturated rings. The lowest BCUT2D eigenvalue weighted by Crippen LogP contribution is -2.42. The molecule has 2 saturated heterocycles. The van der Waals surface area contributed by atoms with Gasteiger partial charge in [-0.1, -0.05) is 6.92 Å². The van der Waals surface area contributed by atoms with Gasteiger partial charge in [-0.2, -0.15) is 0 Å². The predicted octanol–water partition coefficient (Wildman–Crippen LogP) is 0.978. The van der Waals surface area contributed by atoms with Gasteiger partial charge in [0.2, 0.25) is 0 Å². The summed E-state index contributed by atoms with van der Waals surface area (Å²) >= 11 is 0. The van der Waals surface area contributed by atoms with Crippen molar-refractivity contribution in [3.8, 4) is 0 Å². The third-order valence-electron chi connectivity index (χ3n) is 2.81. The summed E-state index contributed by atoms with van der Waals surface area (Å²) in [7, 11) is 0. The van der Waals surface area contributed by atoms with E-state index in [9.17, 15) is 0 Å². The highest BCUT2D eigenvalue weighted by molar-refractivity contribution is 4.83. The number of rotatable bonds is 0. The number of ether oxygens (including phenoxy) is 1. The molecule has 2 rings (SSSR count). The van der Waals surface area contributed by atoms with Crippen LogP contribution in [-0.2, 0) is 4.74 Å². The van der Waals surface area contributed by atoms with E-state index in [1.807, 2.05) is 0 Å². The molecule has 58 valence electrons. The largest absolute Gasteiger partial charge is 0.363 e. The van der Waals surface area contributed by atoms with Crippen LogP contribution in [0.1, 0.15) is 19.8 Å². The molecule has 3 atom stereocenters. The van der Waals surface area contributed by atoms with E-state index in [1.54, 1.807) is 0 Å². The van der Waals surface area contributed by atoms with E-state index in [0.717, 1.165) is 25.0 Å². The molecule has 0 spiro atoms. The smallest absolute Gasteiger partial charge is 0.111 e. The monoisotopic (exact) mass is 141 g/mol. The zero-order valence-electron chi connectivity index (χ0n) is 6.47. The Balaban J connectivity index is 2.03. The fraction of sp³-hybridized carbons (Fsp3) is 1.00. The van der Waals surface area contributed by atoms with Crippen LogP contribution in [0.5, 0.6) is 0 Å². The Morgan fingerprint density at radius 3 is 3.10 bits per heavy atom. The van der Waals surface area contributed by atoms with Crippen LogP contribution in [0.2, 0.25) is 0 Å². The van der Waals surface area contributed by atoms with Gasteiger partial charge in [0.25, 0.3) is 0 Å². The molecule has 1 N–H and O–H groups in total. The van der Waals surface area contributed by atoms with Gasteiger partial charge in [-0.25, -0.2) is 0 Å². The van der Waals surface area contributed by atoms with Gasteiger partial charge >= 0.3 is 0 Å². The summed E-state index contributed by atoms with van der Waals surface area (Å²) in [5.74, 6) is 1.67. The zero-order chi connectivity index (χ0) is 6.97. The minimum Gasteiger partial charge on any atom is -0.363 e. The van der Waals surface area contributed by atoms with Crippen molar-refractivity contribution in [2.75, 3.05) is 13.2 Å². The van der Waals surface area contributed by atoms with Crippen molar-refractivity contribution in [1.82, 2.24) is 5.32 Å². The van der Waals surface area contributed by atoms with Crippen molar-refractivity contribution in [3.63, 3.8) is 0 Å². The molecule has 2 aliphatic rings. The predicted molar refractivity (Wildman–Crippen MR) is 39.6 cm³/mol. The number of hydrogen-bond donors (Lipinski definition) is 1. The lowest BCUT2D eigenvalue weighted by atomic mass is 9.86. The molecular formula is C8H15NO. The van der Waals surface area contributed by atoms with Crippen LogP contribution < -0.4 is 5.32 Å². The first kappa shape index (κ1) is 6.62. The van der Waals surface area contributed by atoms with Gasteiger partial charge in [0.15, 0.2) is 0 Å². The van der Waals surface area contributed by atoms with Crippen molar-refractivity contribution < 1.29 is 4.74 Å². The number of piperidine rings is 1. The van der Waals surface area contributed by atoms with Crippen LogP contribution in [0.4, 0.5) is 0 Å². The summed E-state index contributed by atoms with van der Waals surface area (Å²) in [6, 6.07) is 0. The molecule has 0 saturated carbocycles.